The van der Waals surface area contributed by atoms with Gasteiger partial charge in [0.05, 0.1) is 6.10 Å². The highest BCUT2D eigenvalue weighted by Gasteiger charge is 2.35. The van der Waals surface area contributed by atoms with E-state index in [0.717, 1.165) is 24.7 Å². The summed E-state index contributed by atoms with van der Waals surface area (Å²) in [5, 5.41) is 10.1. The number of aliphatic hydroxyl groups excluding tert-OH is 1. The van der Waals surface area contributed by atoms with Gasteiger partial charge < -0.3 is 10.8 Å². The van der Waals surface area contributed by atoms with E-state index in [1.54, 1.807) is 0 Å². The van der Waals surface area contributed by atoms with Crippen molar-refractivity contribution in [3.05, 3.63) is 0 Å². The Balaban J connectivity index is 2.59. The molecule has 0 aromatic rings. The molecule has 2 heteroatoms. The molecule has 1 saturated carbocycles. The molecule has 0 bridgehead atoms. The van der Waals surface area contributed by atoms with Gasteiger partial charge in [-0.05, 0) is 50.9 Å². The lowest BCUT2D eigenvalue weighted by Crippen LogP contribution is -2.50. The molecule has 1 aliphatic rings. The highest BCUT2D eigenvalue weighted by Crippen LogP contribution is 2.36. The van der Waals surface area contributed by atoms with Crippen molar-refractivity contribution in [1.82, 2.24) is 0 Å². The Morgan fingerprint density at radius 3 is 1.93 bits per heavy atom. The van der Waals surface area contributed by atoms with Crippen molar-refractivity contribution in [3.63, 3.8) is 0 Å². The van der Waals surface area contributed by atoms with Gasteiger partial charge in [-0.15, -0.1) is 0 Å². The van der Waals surface area contributed by atoms with Crippen LogP contribution in [-0.4, -0.2) is 16.7 Å². The summed E-state index contributed by atoms with van der Waals surface area (Å²) >= 11 is 0. The first-order chi connectivity index (χ1) is 6.30. The van der Waals surface area contributed by atoms with Gasteiger partial charge in [0.25, 0.3) is 0 Å². The minimum absolute atomic E-state index is 0.354. The number of hydrogen-bond donors (Lipinski definition) is 2. The Labute approximate surface area is 87.9 Å². The van der Waals surface area contributed by atoms with Crippen LogP contribution in [0.1, 0.15) is 47.0 Å². The zero-order valence-corrected chi connectivity index (χ0v) is 9.96. The third kappa shape index (κ3) is 2.96. The molecule has 0 aromatic heterocycles. The van der Waals surface area contributed by atoms with Gasteiger partial charge in [-0.3, -0.25) is 0 Å². The maximum absolute atomic E-state index is 10.1. The van der Waals surface area contributed by atoms with Gasteiger partial charge in [-0.1, -0.05) is 13.8 Å². The van der Waals surface area contributed by atoms with E-state index in [1.165, 1.54) is 6.42 Å². The SMILES string of the molecule is CC1CC(C)CC(C(O)C(C)(C)N)C1. The second kappa shape index (κ2) is 4.19. The molecule has 14 heavy (non-hydrogen) atoms. The highest BCUT2D eigenvalue weighted by atomic mass is 16.3. The van der Waals surface area contributed by atoms with Crippen LogP contribution in [0.4, 0.5) is 0 Å². The fraction of sp³-hybridized carbons (Fsp3) is 1.00. The average molecular weight is 199 g/mol. The molecule has 3 atom stereocenters. The monoisotopic (exact) mass is 199 g/mol. The molecular weight excluding hydrogens is 174 g/mol. The Hall–Kier alpha value is -0.0800. The summed E-state index contributed by atoms with van der Waals surface area (Å²) in [6, 6.07) is 0. The van der Waals surface area contributed by atoms with E-state index >= 15 is 0 Å². The molecule has 0 aliphatic heterocycles. The standard InChI is InChI=1S/C12H25NO/c1-8-5-9(2)7-10(6-8)11(14)12(3,4)13/h8-11,14H,5-7,13H2,1-4H3. The number of rotatable bonds is 2. The van der Waals surface area contributed by atoms with E-state index < -0.39 is 5.54 Å². The van der Waals surface area contributed by atoms with Crippen molar-refractivity contribution in [2.24, 2.45) is 23.5 Å². The lowest BCUT2D eigenvalue weighted by Gasteiger charge is -2.39. The number of nitrogens with two attached hydrogens (primary N) is 1. The summed E-state index contributed by atoms with van der Waals surface area (Å²) < 4.78 is 0. The van der Waals surface area contributed by atoms with Crippen molar-refractivity contribution in [1.29, 1.82) is 0 Å². The third-order valence-corrected chi connectivity index (χ3v) is 3.42. The molecule has 1 aliphatic carbocycles. The van der Waals surface area contributed by atoms with E-state index in [-0.39, 0.29) is 6.10 Å². The molecule has 0 spiro atoms. The van der Waals surface area contributed by atoms with Crippen LogP contribution >= 0.6 is 0 Å². The molecule has 84 valence electrons. The molecule has 2 nitrogen and oxygen atoms in total. The summed E-state index contributed by atoms with van der Waals surface area (Å²) in [5.41, 5.74) is 5.49. The minimum atomic E-state index is -0.457. The molecule has 1 rings (SSSR count). The fourth-order valence-corrected chi connectivity index (χ4v) is 2.87. The molecule has 3 unspecified atom stereocenters. The summed E-state index contributed by atoms with van der Waals surface area (Å²) in [6.45, 7) is 8.39. The van der Waals surface area contributed by atoms with Crippen LogP contribution in [0.3, 0.4) is 0 Å². The molecule has 0 amide bonds. The van der Waals surface area contributed by atoms with E-state index in [0.29, 0.717) is 5.92 Å². The fourth-order valence-electron chi connectivity index (χ4n) is 2.87. The second-order valence-corrected chi connectivity index (χ2v) is 5.94. The normalized spacial score (nSPS) is 36.9. The van der Waals surface area contributed by atoms with Crippen molar-refractivity contribution < 1.29 is 5.11 Å². The van der Waals surface area contributed by atoms with Gasteiger partial charge in [0.2, 0.25) is 0 Å². The lowest BCUT2D eigenvalue weighted by molar-refractivity contribution is 0.0109. The molecule has 0 radical (unpaired) electrons. The first kappa shape index (κ1) is 12.0. The van der Waals surface area contributed by atoms with Crippen LogP contribution in [0, 0.1) is 17.8 Å². The molecule has 0 saturated heterocycles. The van der Waals surface area contributed by atoms with Gasteiger partial charge in [0.1, 0.15) is 0 Å². The van der Waals surface area contributed by atoms with Crippen LogP contribution in [0.15, 0.2) is 0 Å². The molecule has 1 fully saturated rings. The summed E-state index contributed by atoms with van der Waals surface area (Å²) in [5.74, 6) is 1.87. The van der Waals surface area contributed by atoms with E-state index in [9.17, 15) is 5.11 Å². The molecular formula is C12H25NO. The van der Waals surface area contributed by atoms with Crippen molar-refractivity contribution >= 4 is 0 Å². The Morgan fingerprint density at radius 1 is 1.14 bits per heavy atom. The van der Waals surface area contributed by atoms with E-state index in [1.807, 2.05) is 13.8 Å². The lowest BCUT2D eigenvalue weighted by atomic mass is 9.71. The maximum atomic E-state index is 10.1. The van der Waals surface area contributed by atoms with Crippen molar-refractivity contribution in [2.45, 2.75) is 58.6 Å². The molecule has 3 N–H and O–H groups in total. The van der Waals surface area contributed by atoms with Crippen LogP contribution in [0.25, 0.3) is 0 Å². The van der Waals surface area contributed by atoms with Crippen molar-refractivity contribution in [2.75, 3.05) is 0 Å². The van der Waals surface area contributed by atoms with Crippen LogP contribution < -0.4 is 5.73 Å². The van der Waals surface area contributed by atoms with Crippen LogP contribution in [0.5, 0.6) is 0 Å². The van der Waals surface area contributed by atoms with Gasteiger partial charge in [-0.2, -0.15) is 0 Å². The van der Waals surface area contributed by atoms with Gasteiger partial charge in [0, 0.05) is 5.54 Å². The Bertz CT molecular complexity index is 175. The first-order valence-electron chi connectivity index (χ1n) is 5.77. The number of hydrogen-bond acceptors (Lipinski definition) is 2. The van der Waals surface area contributed by atoms with Gasteiger partial charge in [0.15, 0.2) is 0 Å². The maximum Gasteiger partial charge on any atom is 0.0742 e. The quantitative estimate of drug-likeness (QED) is 0.716. The van der Waals surface area contributed by atoms with E-state index in [2.05, 4.69) is 13.8 Å². The summed E-state index contributed by atoms with van der Waals surface area (Å²) in [6.07, 6.45) is 3.21. The second-order valence-electron chi connectivity index (χ2n) is 5.94. The predicted molar refractivity (Wildman–Crippen MR) is 59.9 cm³/mol. The molecule has 0 heterocycles. The minimum Gasteiger partial charge on any atom is -0.391 e. The van der Waals surface area contributed by atoms with Crippen LogP contribution in [0.2, 0.25) is 0 Å². The zero-order valence-electron chi connectivity index (χ0n) is 9.96. The summed E-state index contributed by atoms with van der Waals surface area (Å²) in [4.78, 5) is 0. The Morgan fingerprint density at radius 2 is 1.57 bits per heavy atom. The van der Waals surface area contributed by atoms with Gasteiger partial charge >= 0.3 is 0 Å². The third-order valence-electron chi connectivity index (χ3n) is 3.42. The highest BCUT2D eigenvalue weighted by molar-refractivity contribution is 4.90. The smallest absolute Gasteiger partial charge is 0.0742 e. The number of aliphatic hydroxyl groups is 1. The Kier molecular flexibility index (Phi) is 3.59. The van der Waals surface area contributed by atoms with Crippen molar-refractivity contribution in [3.8, 4) is 0 Å². The van der Waals surface area contributed by atoms with E-state index in [4.69, 9.17) is 5.73 Å². The predicted octanol–water partition coefficient (Wildman–Crippen LogP) is 2.16. The molecule has 0 aromatic carbocycles. The topological polar surface area (TPSA) is 46.2 Å². The first-order valence-corrected chi connectivity index (χ1v) is 5.77. The summed E-state index contributed by atoms with van der Waals surface area (Å²) in [7, 11) is 0. The average Bonchev–Trinajstić information content (AvgIpc) is 1.99. The van der Waals surface area contributed by atoms with Gasteiger partial charge in [-0.25, -0.2) is 0 Å². The zero-order chi connectivity index (χ0) is 10.9. The largest absolute Gasteiger partial charge is 0.391 e. The van der Waals surface area contributed by atoms with Crippen LogP contribution in [-0.2, 0) is 0 Å².